The maximum Gasteiger partial charge on any atom is 0.269 e. The maximum atomic E-state index is 12.5. The molecule has 0 aliphatic heterocycles. The fourth-order valence-electron chi connectivity index (χ4n) is 2.92. The third-order valence-corrected chi connectivity index (χ3v) is 4.26. The summed E-state index contributed by atoms with van der Waals surface area (Å²) in [5.74, 6) is -0.0441. The van der Waals surface area contributed by atoms with Crippen LogP contribution in [0.15, 0.2) is 41.2 Å². The number of nitrogens with zero attached hydrogens (tertiary/aromatic N) is 2. The van der Waals surface area contributed by atoms with Gasteiger partial charge in [-0.15, -0.1) is 0 Å². The van der Waals surface area contributed by atoms with Crippen molar-refractivity contribution in [1.29, 1.82) is 5.26 Å². The van der Waals surface area contributed by atoms with Crippen LogP contribution in [0, 0.1) is 31.1 Å². The predicted molar refractivity (Wildman–Crippen MR) is 97.1 cm³/mol. The third-order valence-electron chi connectivity index (χ3n) is 4.26. The van der Waals surface area contributed by atoms with Crippen molar-refractivity contribution in [1.82, 2.24) is 9.88 Å². The Bertz CT molecular complexity index is 861. The Morgan fingerprint density at radius 2 is 1.88 bits per heavy atom. The number of carbonyl (C=O) groups excluding carboxylic acids is 1. The van der Waals surface area contributed by atoms with Crippen LogP contribution in [0.1, 0.15) is 42.3 Å². The lowest BCUT2D eigenvalue weighted by atomic mass is 9.96. The van der Waals surface area contributed by atoms with E-state index < -0.39 is 5.56 Å². The molecule has 1 aromatic carbocycles. The number of pyridine rings is 1. The molecule has 0 aliphatic rings. The monoisotopic (exact) mass is 337 g/mol. The molecule has 1 amide bonds. The van der Waals surface area contributed by atoms with E-state index in [9.17, 15) is 9.59 Å². The molecule has 130 valence electrons. The van der Waals surface area contributed by atoms with Gasteiger partial charge in [-0.05, 0) is 37.0 Å². The predicted octanol–water partition coefficient (Wildman–Crippen LogP) is 2.85. The average molecular weight is 337 g/mol. The van der Waals surface area contributed by atoms with Crippen LogP contribution in [-0.4, -0.2) is 10.5 Å². The summed E-state index contributed by atoms with van der Waals surface area (Å²) in [5.41, 5.74) is 1.98. The number of aryl methyl sites for hydroxylation is 2. The van der Waals surface area contributed by atoms with Crippen LogP contribution in [0.5, 0.6) is 0 Å². The van der Waals surface area contributed by atoms with Crippen LogP contribution >= 0.6 is 0 Å². The molecular formula is C20H23N3O2. The van der Waals surface area contributed by atoms with Gasteiger partial charge in [-0.2, -0.15) is 5.26 Å². The molecule has 2 aromatic rings. The van der Waals surface area contributed by atoms with Crippen molar-refractivity contribution in [2.24, 2.45) is 5.92 Å². The van der Waals surface area contributed by atoms with E-state index in [1.54, 1.807) is 19.9 Å². The lowest BCUT2D eigenvalue weighted by Gasteiger charge is -2.23. The molecule has 1 atom stereocenters. The first-order valence-electron chi connectivity index (χ1n) is 8.30. The summed E-state index contributed by atoms with van der Waals surface area (Å²) in [4.78, 5) is 25.0. The van der Waals surface area contributed by atoms with Crippen molar-refractivity contribution in [2.75, 3.05) is 0 Å². The standard InChI is InChI=1S/C20H23N3O2/c1-13(2)19(16-8-6-5-7-9-16)22-18(24)12-23-15(4)10-14(3)17(11-21)20(23)25/h5-10,13,19H,12H2,1-4H3,(H,22,24)/t19-/m0/s1. The van der Waals surface area contributed by atoms with E-state index >= 15 is 0 Å². The van der Waals surface area contributed by atoms with Gasteiger partial charge in [0.15, 0.2) is 0 Å². The number of hydrogen-bond donors (Lipinski definition) is 1. The molecule has 0 fully saturated rings. The number of hydrogen-bond acceptors (Lipinski definition) is 3. The fraction of sp³-hybridized carbons (Fsp3) is 0.350. The normalized spacial score (nSPS) is 11.8. The highest BCUT2D eigenvalue weighted by Crippen LogP contribution is 2.21. The minimum atomic E-state index is -0.420. The fourth-order valence-corrected chi connectivity index (χ4v) is 2.92. The molecule has 0 saturated carbocycles. The zero-order chi connectivity index (χ0) is 18.6. The highest BCUT2D eigenvalue weighted by molar-refractivity contribution is 5.76. The van der Waals surface area contributed by atoms with Crippen molar-refractivity contribution in [3.8, 4) is 6.07 Å². The van der Waals surface area contributed by atoms with Crippen LogP contribution in [-0.2, 0) is 11.3 Å². The number of nitrogens with one attached hydrogen (secondary N) is 1. The Morgan fingerprint density at radius 1 is 1.24 bits per heavy atom. The van der Waals surface area contributed by atoms with E-state index in [4.69, 9.17) is 5.26 Å². The van der Waals surface area contributed by atoms with E-state index in [0.29, 0.717) is 11.3 Å². The number of aromatic nitrogens is 1. The molecule has 2 rings (SSSR count). The second kappa shape index (κ2) is 7.80. The van der Waals surface area contributed by atoms with Crippen molar-refractivity contribution >= 4 is 5.91 Å². The molecule has 0 saturated heterocycles. The SMILES string of the molecule is Cc1cc(C)n(CC(=O)N[C@H](c2ccccc2)C(C)C)c(=O)c1C#N. The van der Waals surface area contributed by atoms with E-state index in [0.717, 1.165) is 5.56 Å². The summed E-state index contributed by atoms with van der Waals surface area (Å²) in [5, 5.41) is 12.2. The topological polar surface area (TPSA) is 74.9 Å². The molecule has 0 unspecified atom stereocenters. The zero-order valence-electron chi connectivity index (χ0n) is 15.0. The van der Waals surface area contributed by atoms with E-state index in [1.807, 2.05) is 50.2 Å². The molecule has 1 heterocycles. The summed E-state index contributed by atoms with van der Waals surface area (Å²) in [6.45, 7) is 7.46. The lowest BCUT2D eigenvalue weighted by molar-refractivity contribution is -0.122. The Hall–Kier alpha value is -2.87. The molecule has 1 N–H and O–H groups in total. The molecule has 0 radical (unpaired) electrons. The van der Waals surface area contributed by atoms with Crippen molar-refractivity contribution in [3.63, 3.8) is 0 Å². The molecule has 25 heavy (non-hydrogen) atoms. The highest BCUT2D eigenvalue weighted by Gasteiger charge is 2.19. The van der Waals surface area contributed by atoms with Gasteiger partial charge in [-0.1, -0.05) is 44.2 Å². The van der Waals surface area contributed by atoms with Gasteiger partial charge in [-0.25, -0.2) is 0 Å². The van der Waals surface area contributed by atoms with Gasteiger partial charge in [-0.3, -0.25) is 9.59 Å². The first kappa shape index (κ1) is 18.5. The minimum absolute atomic E-state index is 0.0851. The van der Waals surface area contributed by atoms with Gasteiger partial charge in [0, 0.05) is 5.69 Å². The number of carbonyl (C=O) groups is 1. The Labute approximate surface area is 147 Å². The van der Waals surface area contributed by atoms with Crippen molar-refractivity contribution < 1.29 is 4.79 Å². The Balaban J connectivity index is 2.26. The summed E-state index contributed by atoms with van der Waals surface area (Å²) < 4.78 is 1.35. The van der Waals surface area contributed by atoms with Crippen LogP contribution in [0.3, 0.4) is 0 Å². The molecular weight excluding hydrogens is 314 g/mol. The van der Waals surface area contributed by atoms with E-state index in [-0.39, 0.29) is 30.0 Å². The summed E-state index contributed by atoms with van der Waals surface area (Å²) in [7, 11) is 0. The van der Waals surface area contributed by atoms with Gasteiger partial charge in [0.2, 0.25) is 5.91 Å². The minimum Gasteiger partial charge on any atom is -0.347 e. The van der Waals surface area contributed by atoms with Crippen molar-refractivity contribution in [3.05, 3.63) is 69.1 Å². The van der Waals surface area contributed by atoms with Gasteiger partial charge in [0.25, 0.3) is 5.56 Å². The van der Waals surface area contributed by atoms with Gasteiger partial charge in [0.1, 0.15) is 18.2 Å². The van der Waals surface area contributed by atoms with Crippen LogP contribution in [0.4, 0.5) is 0 Å². The number of amides is 1. The number of rotatable bonds is 5. The van der Waals surface area contributed by atoms with Crippen LogP contribution < -0.4 is 10.9 Å². The lowest BCUT2D eigenvalue weighted by Crippen LogP contribution is -2.38. The molecule has 0 aliphatic carbocycles. The van der Waals surface area contributed by atoms with Crippen molar-refractivity contribution in [2.45, 2.75) is 40.3 Å². The van der Waals surface area contributed by atoms with E-state index in [1.165, 1.54) is 4.57 Å². The number of nitriles is 1. The Kier molecular flexibility index (Phi) is 5.76. The largest absolute Gasteiger partial charge is 0.347 e. The van der Waals surface area contributed by atoms with E-state index in [2.05, 4.69) is 5.32 Å². The number of benzene rings is 1. The first-order chi connectivity index (χ1) is 11.8. The molecule has 5 nitrogen and oxygen atoms in total. The first-order valence-corrected chi connectivity index (χ1v) is 8.30. The summed E-state index contributed by atoms with van der Waals surface area (Å²) >= 11 is 0. The molecule has 0 spiro atoms. The quantitative estimate of drug-likeness (QED) is 0.911. The second-order valence-corrected chi connectivity index (χ2v) is 6.55. The highest BCUT2D eigenvalue weighted by atomic mass is 16.2. The van der Waals surface area contributed by atoms with Gasteiger partial charge < -0.3 is 9.88 Å². The van der Waals surface area contributed by atoms with Crippen LogP contribution in [0.25, 0.3) is 0 Å². The maximum absolute atomic E-state index is 12.5. The summed E-state index contributed by atoms with van der Waals surface area (Å²) in [6, 6.07) is 13.3. The zero-order valence-corrected chi connectivity index (χ0v) is 15.0. The summed E-state index contributed by atoms with van der Waals surface area (Å²) in [6.07, 6.45) is 0. The smallest absolute Gasteiger partial charge is 0.269 e. The average Bonchev–Trinajstić information content (AvgIpc) is 2.57. The van der Waals surface area contributed by atoms with Crippen LogP contribution in [0.2, 0.25) is 0 Å². The Morgan fingerprint density at radius 3 is 2.44 bits per heavy atom. The molecule has 5 heteroatoms. The molecule has 1 aromatic heterocycles. The van der Waals surface area contributed by atoms with Gasteiger partial charge in [0.05, 0.1) is 6.04 Å². The second-order valence-electron chi connectivity index (χ2n) is 6.55. The van der Waals surface area contributed by atoms with Gasteiger partial charge >= 0.3 is 0 Å². The molecule has 0 bridgehead atoms. The third kappa shape index (κ3) is 4.16.